The molecule has 24 heavy (non-hydrogen) atoms. The lowest BCUT2D eigenvalue weighted by atomic mass is 9.76. The van der Waals surface area contributed by atoms with Gasteiger partial charge in [-0.3, -0.25) is 0 Å². The van der Waals surface area contributed by atoms with Crippen LogP contribution in [0.1, 0.15) is 39.9 Å². The summed E-state index contributed by atoms with van der Waals surface area (Å²) in [7, 11) is 0. The molecule has 0 aromatic heterocycles. The zero-order valence-electron chi connectivity index (χ0n) is 12.7. The monoisotopic (exact) mass is 387 g/mol. The smallest absolute Gasteiger partial charge is 0.337 e. The molecule has 0 fully saturated rings. The van der Waals surface area contributed by atoms with Gasteiger partial charge in [0.2, 0.25) is 0 Å². The van der Waals surface area contributed by atoms with Gasteiger partial charge in [-0.05, 0) is 47.7 Å². The summed E-state index contributed by atoms with van der Waals surface area (Å²) in [6.07, 6.45) is 5.21. The van der Waals surface area contributed by atoms with Crippen LogP contribution < -0.4 is 5.32 Å². The fourth-order valence-corrected chi connectivity index (χ4v) is 4.31. The van der Waals surface area contributed by atoms with Gasteiger partial charge in [0.15, 0.2) is 0 Å². The van der Waals surface area contributed by atoms with Crippen LogP contribution >= 0.6 is 15.9 Å². The highest BCUT2D eigenvalue weighted by atomic mass is 79.9. The maximum atomic E-state index is 13.3. The van der Waals surface area contributed by atoms with E-state index in [-0.39, 0.29) is 23.3 Å². The van der Waals surface area contributed by atoms with Crippen molar-refractivity contribution in [2.45, 2.75) is 18.4 Å². The van der Waals surface area contributed by atoms with Gasteiger partial charge in [0, 0.05) is 10.4 Å². The molecule has 4 rings (SSSR count). The Morgan fingerprint density at radius 1 is 1.25 bits per heavy atom. The SMILES string of the molecule is O=C(O)c1cc(Br)cc2c1N[C@H](c1ccc(F)cc1)[C@H]1CC=C[C@H]21. The molecule has 2 N–H and O–H groups in total. The van der Waals surface area contributed by atoms with E-state index >= 15 is 0 Å². The van der Waals surface area contributed by atoms with E-state index in [0.717, 1.165) is 22.0 Å². The molecule has 0 saturated heterocycles. The van der Waals surface area contributed by atoms with Crippen LogP contribution in [0.5, 0.6) is 0 Å². The van der Waals surface area contributed by atoms with Crippen LogP contribution in [-0.4, -0.2) is 11.1 Å². The number of halogens is 2. The maximum Gasteiger partial charge on any atom is 0.337 e. The molecule has 0 amide bonds. The van der Waals surface area contributed by atoms with Crippen molar-refractivity contribution >= 4 is 27.6 Å². The highest BCUT2D eigenvalue weighted by Crippen LogP contribution is 2.51. The Labute approximate surface area is 147 Å². The van der Waals surface area contributed by atoms with Crippen molar-refractivity contribution in [2.24, 2.45) is 5.92 Å². The average Bonchev–Trinajstić information content (AvgIpc) is 3.04. The van der Waals surface area contributed by atoms with Gasteiger partial charge in [-0.15, -0.1) is 0 Å². The van der Waals surface area contributed by atoms with E-state index in [1.807, 2.05) is 6.07 Å². The van der Waals surface area contributed by atoms with Crippen LogP contribution in [0.25, 0.3) is 0 Å². The van der Waals surface area contributed by atoms with Crippen molar-refractivity contribution in [3.8, 4) is 0 Å². The summed E-state index contributed by atoms with van der Waals surface area (Å²) < 4.78 is 14.0. The topological polar surface area (TPSA) is 49.3 Å². The first-order chi connectivity index (χ1) is 11.5. The van der Waals surface area contributed by atoms with E-state index in [9.17, 15) is 14.3 Å². The van der Waals surface area contributed by atoms with Crippen molar-refractivity contribution in [2.75, 3.05) is 5.32 Å². The second-order valence-corrected chi connectivity index (χ2v) is 7.17. The van der Waals surface area contributed by atoms with Crippen molar-refractivity contribution in [3.63, 3.8) is 0 Å². The summed E-state index contributed by atoms with van der Waals surface area (Å²) in [6, 6.07) is 10.0. The Hall–Kier alpha value is -2.14. The molecule has 122 valence electrons. The zero-order chi connectivity index (χ0) is 16.8. The van der Waals surface area contributed by atoms with Crippen LogP contribution in [-0.2, 0) is 0 Å². The van der Waals surface area contributed by atoms with E-state index in [2.05, 4.69) is 33.4 Å². The Morgan fingerprint density at radius 2 is 2.00 bits per heavy atom. The molecule has 3 nitrogen and oxygen atoms in total. The number of hydrogen-bond donors (Lipinski definition) is 2. The number of carbonyl (C=O) groups is 1. The molecule has 0 spiro atoms. The lowest BCUT2D eigenvalue weighted by Crippen LogP contribution is -2.30. The largest absolute Gasteiger partial charge is 0.478 e. The normalized spacial score (nSPS) is 24.2. The van der Waals surface area contributed by atoms with Crippen LogP contribution in [0.4, 0.5) is 10.1 Å². The molecule has 0 radical (unpaired) electrons. The van der Waals surface area contributed by atoms with Gasteiger partial charge >= 0.3 is 5.97 Å². The third-order valence-electron chi connectivity index (χ3n) is 4.89. The second kappa shape index (κ2) is 5.74. The summed E-state index contributed by atoms with van der Waals surface area (Å²) in [5.41, 5.74) is 2.89. The number of carboxylic acids is 1. The molecule has 0 bridgehead atoms. The molecule has 1 aliphatic heterocycles. The predicted molar refractivity (Wildman–Crippen MR) is 93.9 cm³/mol. The van der Waals surface area contributed by atoms with E-state index < -0.39 is 5.97 Å². The molecular formula is C19H15BrFNO2. The number of hydrogen-bond acceptors (Lipinski definition) is 2. The Balaban J connectivity index is 1.86. The number of carboxylic acid groups (broad SMARTS) is 1. The second-order valence-electron chi connectivity index (χ2n) is 6.25. The van der Waals surface area contributed by atoms with Gasteiger partial charge in [-0.1, -0.05) is 40.2 Å². The first-order valence-electron chi connectivity index (χ1n) is 7.80. The molecule has 0 saturated carbocycles. The van der Waals surface area contributed by atoms with Gasteiger partial charge in [0.1, 0.15) is 5.82 Å². The van der Waals surface area contributed by atoms with Gasteiger partial charge in [-0.2, -0.15) is 0 Å². The summed E-state index contributed by atoms with van der Waals surface area (Å²) in [6.45, 7) is 0. The summed E-state index contributed by atoms with van der Waals surface area (Å²) >= 11 is 3.42. The lowest BCUT2D eigenvalue weighted by Gasteiger charge is -2.38. The number of fused-ring (bicyclic) bond motifs is 3. The van der Waals surface area contributed by atoms with Crippen LogP contribution in [0.3, 0.4) is 0 Å². The van der Waals surface area contributed by atoms with Crippen LogP contribution in [0.2, 0.25) is 0 Å². The van der Waals surface area contributed by atoms with Gasteiger partial charge < -0.3 is 10.4 Å². The molecule has 0 unspecified atom stereocenters. The van der Waals surface area contributed by atoms with Crippen molar-refractivity contribution < 1.29 is 14.3 Å². The number of allylic oxidation sites excluding steroid dienone is 2. The van der Waals surface area contributed by atoms with Crippen LogP contribution in [0, 0.1) is 11.7 Å². The van der Waals surface area contributed by atoms with Crippen molar-refractivity contribution in [3.05, 3.63) is 75.5 Å². The third kappa shape index (κ3) is 2.44. The fourth-order valence-electron chi connectivity index (χ4n) is 3.83. The standard InChI is InChI=1S/C19H15BrFNO2/c20-11-8-15-13-2-1-3-14(13)17(10-4-6-12(21)7-5-10)22-18(15)16(9-11)19(23)24/h1-2,4-9,13-14,17,22H,3H2,(H,23,24)/t13-,14-,17+/m0/s1. The van der Waals surface area contributed by atoms with Gasteiger partial charge in [0.25, 0.3) is 0 Å². The minimum atomic E-state index is -0.960. The first-order valence-corrected chi connectivity index (χ1v) is 8.59. The number of anilines is 1. The molecule has 2 aromatic rings. The number of rotatable bonds is 2. The Bertz CT molecular complexity index is 847. The van der Waals surface area contributed by atoms with Gasteiger partial charge in [0.05, 0.1) is 17.3 Å². The molecule has 5 heteroatoms. The molecule has 1 aliphatic carbocycles. The summed E-state index contributed by atoms with van der Waals surface area (Å²) in [5.74, 6) is -0.782. The minimum Gasteiger partial charge on any atom is -0.478 e. The van der Waals surface area contributed by atoms with E-state index in [1.165, 1.54) is 12.1 Å². The predicted octanol–water partition coefficient (Wildman–Crippen LogP) is 5.11. The minimum absolute atomic E-state index is 0.0441. The maximum absolute atomic E-state index is 13.3. The molecule has 2 aromatic carbocycles. The van der Waals surface area contributed by atoms with Crippen molar-refractivity contribution in [1.82, 2.24) is 0 Å². The lowest BCUT2D eigenvalue weighted by molar-refractivity contribution is 0.0697. The van der Waals surface area contributed by atoms with E-state index in [0.29, 0.717) is 11.6 Å². The molecule has 3 atom stereocenters. The van der Waals surface area contributed by atoms with Crippen LogP contribution in [0.15, 0.2) is 53.0 Å². The highest BCUT2D eigenvalue weighted by Gasteiger charge is 2.39. The third-order valence-corrected chi connectivity index (χ3v) is 5.35. The highest BCUT2D eigenvalue weighted by molar-refractivity contribution is 9.10. The Morgan fingerprint density at radius 3 is 2.71 bits per heavy atom. The Kier molecular flexibility index (Phi) is 3.68. The summed E-state index contributed by atoms with van der Waals surface area (Å²) in [5, 5.41) is 13.0. The summed E-state index contributed by atoms with van der Waals surface area (Å²) in [4.78, 5) is 11.7. The van der Waals surface area contributed by atoms with E-state index in [1.54, 1.807) is 18.2 Å². The molecule has 2 aliphatic rings. The quantitative estimate of drug-likeness (QED) is 0.703. The zero-order valence-corrected chi connectivity index (χ0v) is 14.3. The fraction of sp³-hybridized carbons (Fsp3) is 0.211. The number of aromatic carboxylic acids is 1. The van der Waals surface area contributed by atoms with E-state index in [4.69, 9.17) is 0 Å². The van der Waals surface area contributed by atoms with Crippen molar-refractivity contribution in [1.29, 1.82) is 0 Å². The first kappa shape index (κ1) is 15.4. The number of benzene rings is 2. The molecule has 1 heterocycles. The number of nitrogens with one attached hydrogen (secondary N) is 1. The van der Waals surface area contributed by atoms with Gasteiger partial charge in [-0.25, -0.2) is 9.18 Å². The molecular weight excluding hydrogens is 373 g/mol. The average molecular weight is 388 g/mol.